The molecule has 0 bridgehead atoms. The first kappa shape index (κ1) is 17.2. The number of rotatable bonds is 7. The average Bonchev–Trinajstić information content (AvgIpc) is 2.51. The molecule has 0 aliphatic heterocycles. The lowest BCUT2D eigenvalue weighted by molar-refractivity contribution is 0.146. The minimum atomic E-state index is -3.98. The summed E-state index contributed by atoms with van der Waals surface area (Å²) < 4.78 is 63.0. The summed E-state index contributed by atoms with van der Waals surface area (Å²) in [5, 5.41) is 0. The number of sulfonamides is 1. The molecule has 0 saturated carbocycles. The quantitative estimate of drug-likeness (QED) is 0.785. The van der Waals surface area contributed by atoms with Crippen LogP contribution in [-0.4, -0.2) is 28.7 Å². The van der Waals surface area contributed by atoms with Crippen molar-refractivity contribution in [2.45, 2.75) is 4.90 Å². The Morgan fingerprint density at radius 2 is 1.74 bits per heavy atom. The molecule has 0 atom stereocenters. The number of hydrogen-bond acceptors (Lipinski definition) is 4. The van der Waals surface area contributed by atoms with Crippen molar-refractivity contribution >= 4 is 15.7 Å². The first-order valence-corrected chi connectivity index (χ1v) is 8.10. The van der Waals surface area contributed by atoms with E-state index in [1.807, 2.05) is 0 Å². The van der Waals surface area contributed by atoms with Crippen molar-refractivity contribution in [3.05, 3.63) is 54.1 Å². The highest BCUT2D eigenvalue weighted by atomic mass is 32.2. The summed E-state index contributed by atoms with van der Waals surface area (Å²) in [4.78, 5) is -0.0692. The Bertz CT molecular complexity index is 764. The molecule has 0 aromatic heterocycles. The van der Waals surface area contributed by atoms with Gasteiger partial charge < -0.3 is 9.47 Å². The molecule has 0 unspecified atom stereocenters. The number of benzene rings is 2. The zero-order chi connectivity index (χ0) is 16.9. The van der Waals surface area contributed by atoms with Crippen molar-refractivity contribution in [3.8, 4) is 5.75 Å². The van der Waals surface area contributed by atoms with Crippen LogP contribution >= 0.6 is 0 Å². The molecule has 0 saturated heterocycles. The van der Waals surface area contributed by atoms with Crippen molar-refractivity contribution in [3.63, 3.8) is 0 Å². The van der Waals surface area contributed by atoms with E-state index >= 15 is 0 Å². The molecular formula is C15H15F2NO4S. The third kappa shape index (κ3) is 4.64. The first-order chi connectivity index (χ1) is 10.9. The zero-order valence-corrected chi connectivity index (χ0v) is 13.1. The molecule has 0 spiro atoms. The van der Waals surface area contributed by atoms with Gasteiger partial charge in [-0.15, -0.1) is 0 Å². The fourth-order valence-electron chi connectivity index (χ4n) is 1.73. The van der Waals surface area contributed by atoms with Crippen LogP contribution in [0.1, 0.15) is 0 Å². The van der Waals surface area contributed by atoms with E-state index in [4.69, 9.17) is 9.47 Å². The number of halogens is 2. The minimum absolute atomic E-state index is 0.0692. The van der Waals surface area contributed by atoms with Gasteiger partial charge in [0.05, 0.1) is 17.2 Å². The van der Waals surface area contributed by atoms with Crippen LogP contribution in [0.25, 0.3) is 0 Å². The van der Waals surface area contributed by atoms with Crippen LogP contribution in [0.4, 0.5) is 14.5 Å². The van der Waals surface area contributed by atoms with E-state index in [0.717, 1.165) is 12.1 Å². The maximum absolute atomic E-state index is 13.5. The lowest BCUT2D eigenvalue weighted by Crippen LogP contribution is -2.14. The van der Waals surface area contributed by atoms with Crippen molar-refractivity contribution in [1.29, 1.82) is 0 Å². The second-order valence-electron chi connectivity index (χ2n) is 4.54. The van der Waals surface area contributed by atoms with Gasteiger partial charge >= 0.3 is 0 Å². The summed E-state index contributed by atoms with van der Waals surface area (Å²) in [7, 11) is -2.44. The molecule has 23 heavy (non-hydrogen) atoms. The van der Waals surface area contributed by atoms with Gasteiger partial charge in [0, 0.05) is 13.2 Å². The van der Waals surface area contributed by atoms with Crippen molar-refractivity contribution in [2.24, 2.45) is 0 Å². The summed E-state index contributed by atoms with van der Waals surface area (Å²) in [5.74, 6) is -1.30. The van der Waals surface area contributed by atoms with Crippen molar-refractivity contribution in [2.75, 3.05) is 25.0 Å². The lowest BCUT2D eigenvalue weighted by Gasteiger charge is -2.10. The summed E-state index contributed by atoms with van der Waals surface area (Å²) in [6, 6.07) is 8.19. The molecule has 0 aliphatic carbocycles. The maximum Gasteiger partial charge on any atom is 0.261 e. The summed E-state index contributed by atoms with van der Waals surface area (Å²) in [6.45, 7) is 0.743. The number of anilines is 1. The van der Waals surface area contributed by atoms with Gasteiger partial charge in [-0.3, -0.25) is 4.72 Å². The summed E-state index contributed by atoms with van der Waals surface area (Å²) in [5.41, 5.74) is -0.327. The molecule has 8 heteroatoms. The highest BCUT2D eigenvalue weighted by Crippen LogP contribution is 2.21. The first-order valence-electron chi connectivity index (χ1n) is 6.62. The van der Waals surface area contributed by atoms with Gasteiger partial charge in [0.1, 0.15) is 24.0 Å². The van der Waals surface area contributed by atoms with Crippen LogP contribution < -0.4 is 9.46 Å². The van der Waals surface area contributed by atoms with E-state index in [1.165, 1.54) is 24.3 Å². The molecule has 0 heterocycles. The van der Waals surface area contributed by atoms with Gasteiger partial charge in [0.25, 0.3) is 10.0 Å². The second kappa shape index (κ2) is 7.38. The molecule has 1 N–H and O–H groups in total. The molecule has 0 fully saturated rings. The van der Waals surface area contributed by atoms with Crippen LogP contribution in [0.2, 0.25) is 0 Å². The van der Waals surface area contributed by atoms with Crippen LogP contribution in [0.15, 0.2) is 47.4 Å². The van der Waals surface area contributed by atoms with Gasteiger partial charge in [0.15, 0.2) is 0 Å². The molecule has 2 aromatic carbocycles. The molecule has 0 aliphatic rings. The molecule has 5 nitrogen and oxygen atoms in total. The number of methoxy groups -OCH3 is 1. The predicted molar refractivity (Wildman–Crippen MR) is 81.0 cm³/mol. The van der Waals surface area contributed by atoms with E-state index < -0.39 is 21.7 Å². The average molecular weight is 343 g/mol. The van der Waals surface area contributed by atoms with E-state index in [0.29, 0.717) is 25.0 Å². The molecular weight excluding hydrogens is 328 g/mol. The SMILES string of the molecule is COCCOc1ccc(S(=O)(=O)Nc2ccc(F)cc2F)cc1. The Kier molecular flexibility index (Phi) is 5.51. The van der Waals surface area contributed by atoms with E-state index in [9.17, 15) is 17.2 Å². The number of hydrogen-bond donors (Lipinski definition) is 1. The fraction of sp³-hybridized carbons (Fsp3) is 0.200. The second-order valence-corrected chi connectivity index (χ2v) is 6.22. The van der Waals surface area contributed by atoms with Crippen LogP contribution in [0.5, 0.6) is 5.75 Å². The van der Waals surface area contributed by atoms with Crippen molar-refractivity contribution < 1.29 is 26.7 Å². The van der Waals surface area contributed by atoms with E-state index in [-0.39, 0.29) is 10.6 Å². The molecule has 2 rings (SSSR count). The van der Waals surface area contributed by atoms with Crippen LogP contribution in [0, 0.1) is 11.6 Å². The fourth-order valence-corrected chi connectivity index (χ4v) is 2.80. The topological polar surface area (TPSA) is 64.6 Å². The summed E-state index contributed by atoms with van der Waals surface area (Å²) >= 11 is 0. The largest absolute Gasteiger partial charge is 0.491 e. The van der Waals surface area contributed by atoms with Crippen molar-refractivity contribution in [1.82, 2.24) is 0 Å². The van der Waals surface area contributed by atoms with E-state index in [1.54, 1.807) is 7.11 Å². The monoisotopic (exact) mass is 343 g/mol. The third-order valence-corrected chi connectivity index (χ3v) is 4.25. The summed E-state index contributed by atoms with van der Waals surface area (Å²) in [6.07, 6.45) is 0. The van der Waals surface area contributed by atoms with Gasteiger partial charge in [0.2, 0.25) is 0 Å². The van der Waals surface area contributed by atoms with Crippen LogP contribution in [0.3, 0.4) is 0 Å². The highest BCUT2D eigenvalue weighted by molar-refractivity contribution is 7.92. The van der Waals surface area contributed by atoms with E-state index in [2.05, 4.69) is 4.72 Å². The molecule has 0 radical (unpaired) electrons. The van der Waals surface area contributed by atoms with Gasteiger partial charge in [-0.25, -0.2) is 17.2 Å². The third-order valence-electron chi connectivity index (χ3n) is 2.87. The Morgan fingerprint density at radius 3 is 2.35 bits per heavy atom. The smallest absolute Gasteiger partial charge is 0.261 e. The minimum Gasteiger partial charge on any atom is -0.491 e. The number of ether oxygens (including phenoxy) is 2. The Morgan fingerprint density at radius 1 is 1.04 bits per heavy atom. The normalized spacial score (nSPS) is 11.3. The zero-order valence-electron chi connectivity index (χ0n) is 12.3. The number of nitrogens with one attached hydrogen (secondary N) is 1. The molecule has 0 amide bonds. The predicted octanol–water partition coefficient (Wildman–Crippen LogP) is 2.79. The highest BCUT2D eigenvalue weighted by Gasteiger charge is 2.16. The standard InChI is InChI=1S/C15H15F2NO4S/c1-21-8-9-22-12-3-5-13(6-4-12)23(19,20)18-15-7-2-11(16)10-14(15)17/h2-7,10,18H,8-9H2,1H3. The van der Waals surface area contributed by atoms with Gasteiger partial charge in [-0.05, 0) is 36.4 Å². The van der Waals surface area contributed by atoms with Crippen LogP contribution in [-0.2, 0) is 14.8 Å². The molecule has 124 valence electrons. The molecule has 2 aromatic rings. The Labute approximate surface area is 132 Å². The lowest BCUT2D eigenvalue weighted by atomic mass is 10.3. The Balaban J connectivity index is 2.13. The Hall–Kier alpha value is -2.19. The van der Waals surface area contributed by atoms with Gasteiger partial charge in [-0.1, -0.05) is 0 Å². The van der Waals surface area contributed by atoms with Gasteiger partial charge in [-0.2, -0.15) is 0 Å². The maximum atomic E-state index is 13.5.